The summed E-state index contributed by atoms with van der Waals surface area (Å²) in [5, 5.41) is 0. The number of nitrogens with zero attached hydrogens (tertiary/aromatic N) is 1. The first kappa shape index (κ1) is 20.9. The van der Waals surface area contributed by atoms with Crippen LogP contribution in [-0.2, 0) is 10.1 Å². The lowest BCUT2D eigenvalue weighted by atomic mass is 9.85. The van der Waals surface area contributed by atoms with Crippen molar-refractivity contribution in [3.05, 3.63) is 0 Å². The van der Waals surface area contributed by atoms with Gasteiger partial charge in [-0.1, -0.05) is 12.8 Å². The molecule has 0 atom stereocenters. The average Bonchev–Trinajstić information content (AvgIpc) is 2.58. The molecule has 138 valence electrons. The minimum absolute atomic E-state index is 0.201. The summed E-state index contributed by atoms with van der Waals surface area (Å²) < 4.78 is 28.4. The molecule has 0 aromatic rings. The SMILES string of the molecule is CCS(=O)(=O)O.CC[N+](CC)(C1CCCCC1)C1CCCCC1. The zero-order chi connectivity index (χ0) is 17.3. The molecule has 0 aliphatic heterocycles. The van der Waals surface area contributed by atoms with Crippen molar-refractivity contribution in [3.8, 4) is 0 Å². The van der Waals surface area contributed by atoms with Crippen molar-refractivity contribution >= 4 is 10.1 Å². The van der Waals surface area contributed by atoms with Crippen LogP contribution in [0.1, 0.15) is 85.0 Å². The second-order valence-electron chi connectivity index (χ2n) is 7.19. The van der Waals surface area contributed by atoms with Gasteiger partial charge in [0.05, 0.1) is 30.9 Å². The number of hydrogen-bond acceptors (Lipinski definition) is 2. The second kappa shape index (κ2) is 10.00. The van der Waals surface area contributed by atoms with E-state index in [9.17, 15) is 8.42 Å². The highest BCUT2D eigenvalue weighted by Gasteiger charge is 2.41. The Labute approximate surface area is 144 Å². The fourth-order valence-corrected chi connectivity index (χ4v) is 4.75. The summed E-state index contributed by atoms with van der Waals surface area (Å²) >= 11 is 0. The van der Waals surface area contributed by atoms with E-state index in [0.717, 1.165) is 12.1 Å². The average molecular weight is 349 g/mol. The smallest absolute Gasteiger partial charge is 0.264 e. The Hall–Kier alpha value is -0.130. The van der Waals surface area contributed by atoms with Crippen molar-refractivity contribution < 1.29 is 17.5 Å². The van der Waals surface area contributed by atoms with Gasteiger partial charge in [0.2, 0.25) is 0 Å². The molecule has 0 aromatic heterocycles. The molecule has 0 amide bonds. The van der Waals surface area contributed by atoms with Crippen LogP contribution in [0.4, 0.5) is 0 Å². The van der Waals surface area contributed by atoms with E-state index in [0.29, 0.717) is 0 Å². The van der Waals surface area contributed by atoms with Gasteiger partial charge in [-0.3, -0.25) is 4.55 Å². The summed E-state index contributed by atoms with van der Waals surface area (Å²) in [5.74, 6) is -0.201. The monoisotopic (exact) mass is 348 g/mol. The lowest BCUT2D eigenvalue weighted by Crippen LogP contribution is -2.62. The molecule has 0 spiro atoms. The summed E-state index contributed by atoms with van der Waals surface area (Å²) in [6.45, 7) is 9.03. The predicted molar refractivity (Wildman–Crippen MR) is 97.2 cm³/mol. The first-order valence-electron chi connectivity index (χ1n) is 9.71. The van der Waals surface area contributed by atoms with Crippen LogP contribution in [0.5, 0.6) is 0 Å². The van der Waals surface area contributed by atoms with Crippen LogP contribution in [0.25, 0.3) is 0 Å². The molecule has 23 heavy (non-hydrogen) atoms. The van der Waals surface area contributed by atoms with Gasteiger partial charge >= 0.3 is 0 Å². The molecule has 0 aromatic carbocycles. The van der Waals surface area contributed by atoms with E-state index in [1.54, 1.807) is 0 Å². The maximum absolute atomic E-state index is 9.56. The maximum atomic E-state index is 9.56. The molecular formula is C18H38NO3S+. The molecular weight excluding hydrogens is 310 g/mol. The van der Waals surface area contributed by atoms with Gasteiger partial charge in [-0.05, 0) is 72.1 Å². The first-order chi connectivity index (χ1) is 10.9. The minimum Gasteiger partial charge on any atom is -0.319 e. The van der Waals surface area contributed by atoms with Gasteiger partial charge in [0.1, 0.15) is 0 Å². The van der Waals surface area contributed by atoms with E-state index < -0.39 is 10.1 Å². The van der Waals surface area contributed by atoms with Crippen LogP contribution in [0.3, 0.4) is 0 Å². The molecule has 0 radical (unpaired) electrons. The molecule has 2 fully saturated rings. The van der Waals surface area contributed by atoms with Crippen molar-refractivity contribution in [1.82, 2.24) is 0 Å². The van der Waals surface area contributed by atoms with E-state index >= 15 is 0 Å². The zero-order valence-corrected chi connectivity index (χ0v) is 16.3. The van der Waals surface area contributed by atoms with E-state index in [2.05, 4.69) is 13.8 Å². The topological polar surface area (TPSA) is 54.4 Å². The van der Waals surface area contributed by atoms with Crippen molar-refractivity contribution in [2.75, 3.05) is 18.8 Å². The third-order valence-electron chi connectivity index (χ3n) is 6.15. The maximum Gasteiger partial charge on any atom is 0.264 e. The molecule has 2 saturated carbocycles. The lowest BCUT2D eigenvalue weighted by molar-refractivity contribution is -0.972. The molecule has 2 aliphatic carbocycles. The molecule has 0 heterocycles. The van der Waals surface area contributed by atoms with Gasteiger partial charge in [-0.15, -0.1) is 0 Å². The summed E-state index contributed by atoms with van der Waals surface area (Å²) in [4.78, 5) is 0. The highest BCUT2D eigenvalue weighted by molar-refractivity contribution is 7.85. The quantitative estimate of drug-likeness (QED) is 0.592. The van der Waals surface area contributed by atoms with Crippen LogP contribution in [0, 0.1) is 0 Å². The van der Waals surface area contributed by atoms with E-state index in [1.165, 1.54) is 88.7 Å². The zero-order valence-electron chi connectivity index (χ0n) is 15.5. The Kier molecular flexibility index (Phi) is 9.09. The third-order valence-corrected chi connectivity index (χ3v) is 6.88. The second-order valence-corrected chi connectivity index (χ2v) is 8.93. The van der Waals surface area contributed by atoms with Crippen LogP contribution in [-0.4, -0.2) is 48.4 Å². The Morgan fingerprint density at radius 1 is 0.783 bits per heavy atom. The fourth-order valence-electron chi connectivity index (χ4n) is 4.75. The van der Waals surface area contributed by atoms with Gasteiger partial charge in [0.25, 0.3) is 10.1 Å². The molecule has 0 unspecified atom stereocenters. The molecule has 2 rings (SSSR count). The van der Waals surface area contributed by atoms with Crippen molar-refractivity contribution in [3.63, 3.8) is 0 Å². The Bertz CT molecular complexity index is 386. The van der Waals surface area contributed by atoms with Gasteiger partial charge < -0.3 is 4.48 Å². The highest BCUT2D eigenvalue weighted by atomic mass is 32.2. The normalized spacial score (nSPS) is 21.6. The van der Waals surface area contributed by atoms with E-state index in [-0.39, 0.29) is 5.75 Å². The number of hydrogen-bond donors (Lipinski definition) is 1. The van der Waals surface area contributed by atoms with Gasteiger partial charge in [0.15, 0.2) is 0 Å². The molecule has 2 aliphatic rings. The van der Waals surface area contributed by atoms with Crippen molar-refractivity contribution in [2.45, 2.75) is 97.1 Å². The van der Waals surface area contributed by atoms with Crippen molar-refractivity contribution in [2.24, 2.45) is 0 Å². The lowest BCUT2D eigenvalue weighted by Gasteiger charge is -2.51. The number of rotatable bonds is 5. The summed E-state index contributed by atoms with van der Waals surface area (Å²) in [5.41, 5.74) is 0. The van der Waals surface area contributed by atoms with Gasteiger partial charge in [-0.25, -0.2) is 0 Å². The summed E-state index contributed by atoms with van der Waals surface area (Å²) in [7, 11) is -3.66. The van der Waals surface area contributed by atoms with Crippen LogP contribution in [0.15, 0.2) is 0 Å². The Balaban J connectivity index is 0.000000379. The van der Waals surface area contributed by atoms with E-state index in [1.807, 2.05) is 0 Å². The standard InChI is InChI=1S/C16H32N.C2H6O3S/c1-3-17(4-2,15-11-7-5-8-12-15)16-13-9-6-10-14-16;1-2-6(3,4)5/h15-16H,3-14H2,1-2H3;2H2,1H3,(H,3,4,5)/q+1;. The summed E-state index contributed by atoms with van der Waals surface area (Å²) in [6, 6.07) is 2.00. The molecule has 4 nitrogen and oxygen atoms in total. The van der Waals surface area contributed by atoms with Crippen LogP contribution >= 0.6 is 0 Å². The van der Waals surface area contributed by atoms with Gasteiger partial charge in [0, 0.05) is 0 Å². The Morgan fingerprint density at radius 3 is 1.30 bits per heavy atom. The molecule has 0 bridgehead atoms. The van der Waals surface area contributed by atoms with E-state index in [4.69, 9.17) is 4.55 Å². The van der Waals surface area contributed by atoms with Crippen molar-refractivity contribution in [1.29, 1.82) is 0 Å². The molecule has 0 saturated heterocycles. The highest BCUT2D eigenvalue weighted by Crippen LogP contribution is 2.36. The Morgan fingerprint density at radius 2 is 1.09 bits per heavy atom. The largest absolute Gasteiger partial charge is 0.319 e. The number of quaternary nitrogens is 1. The van der Waals surface area contributed by atoms with Crippen LogP contribution < -0.4 is 0 Å². The third kappa shape index (κ3) is 6.35. The molecule has 1 N–H and O–H groups in total. The minimum atomic E-state index is -3.66. The molecule has 5 heteroatoms. The first-order valence-corrected chi connectivity index (χ1v) is 11.3. The fraction of sp³-hybridized carbons (Fsp3) is 1.00. The van der Waals surface area contributed by atoms with Gasteiger partial charge in [-0.2, -0.15) is 8.42 Å². The van der Waals surface area contributed by atoms with Crippen LogP contribution in [0.2, 0.25) is 0 Å². The summed E-state index contributed by atoms with van der Waals surface area (Å²) in [6.07, 6.45) is 15.0. The predicted octanol–water partition coefficient (Wildman–Crippen LogP) is 4.40.